The standard InChI is InChI=1S/C67H126O17P2/c1-6-9-12-15-18-21-23-25-27-29-31-33-36-42-47-52-66(71)83-62(56-78-65(70)51-46-41-35-32-30-28-26-24-22-19-16-13-10-7-2)58-81-85(73,74)79-54-61(68)55-80-86(75,76)82-59-63(57-77-64(69)50-45-40-34-20-17-14-11-8-3)84-67(72)53-48-43-38-37-39-44-49-60(4)5/h21,23,25,27,60-63,68H,6-20,22,24,26,28-59H2,1-5H3,(H,73,74)(H,75,76)/b23-21-,27-25-/t61-,62-,63-/m1/s1. The van der Waals surface area contributed by atoms with Gasteiger partial charge in [-0.3, -0.25) is 37.3 Å². The Bertz CT molecular complexity index is 1760. The van der Waals surface area contributed by atoms with E-state index in [2.05, 4.69) is 58.9 Å². The predicted octanol–water partition coefficient (Wildman–Crippen LogP) is 18.5. The minimum Gasteiger partial charge on any atom is -0.462 e. The molecule has 19 heteroatoms. The van der Waals surface area contributed by atoms with Crippen LogP contribution in [0.4, 0.5) is 0 Å². The van der Waals surface area contributed by atoms with Gasteiger partial charge in [-0.15, -0.1) is 0 Å². The SMILES string of the molecule is CCCCCC/C=C\C=C/CCCCCCCC(=O)O[C@H](COC(=O)CCCCCCCCCCCCCCCC)COP(=O)(O)OC[C@@H](O)COP(=O)(O)OC[C@@H](COC(=O)CCCCCCCCCC)OC(=O)CCCCCCCCC(C)C. The molecule has 0 aliphatic heterocycles. The van der Waals surface area contributed by atoms with Crippen molar-refractivity contribution in [3.05, 3.63) is 24.3 Å². The second kappa shape index (κ2) is 60.1. The summed E-state index contributed by atoms with van der Waals surface area (Å²) < 4.78 is 68.0. The molecule has 0 spiro atoms. The molecule has 17 nitrogen and oxygen atoms in total. The summed E-state index contributed by atoms with van der Waals surface area (Å²) in [6.07, 6.45) is 48.2. The van der Waals surface area contributed by atoms with Crippen LogP contribution in [0.5, 0.6) is 0 Å². The number of ether oxygens (including phenoxy) is 4. The average molecular weight is 1270 g/mol. The molecule has 0 aromatic carbocycles. The van der Waals surface area contributed by atoms with Crippen molar-refractivity contribution in [2.45, 2.75) is 335 Å². The third kappa shape index (κ3) is 60.5. The molecule has 0 aromatic heterocycles. The summed E-state index contributed by atoms with van der Waals surface area (Å²) in [6.45, 7) is 7.03. The van der Waals surface area contributed by atoms with E-state index >= 15 is 0 Å². The van der Waals surface area contributed by atoms with E-state index in [0.29, 0.717) is 31.6 Å². The van der Waals surface area contributed by atoms with Gasteiger partial charge < -0.3 is 33.8 Å². The lowest BCUT2D eigenvalue weighted by Crippen LogP contribution is -2.30. The van der Waals surface area contributed by atoms with Gasteiger partial charge in [0.15, 0.2) is 12.2 Å². The Morgan fingerprint density at radius 3 is 0.953 bits per heavy atom. The highest BCUT2D eigenvalue weighted by Crippen LogP contribution is 2.45. The number of esters is 4. The van der Waals surface area contributed by atoms with E-state index < -0.39 is 97.5 Å². The zero-order valence-corrected chi connectivity index (χ0v) is 56.7. The summed E-state index contributed by atoms with van der Waals surface area (Å²) in [7, 11) is -9.90. The number of aliphatic hydroxyl groups excluding tert-OH is 1. The van der Waals surface area contributed by atoms with Crippen LogP contribution in [0.1, 0.15) is 317 Å². The van der Waals surface area contributed by atoms with Gasteiger partial charge >= 0.3 is 39.5 Å². The average Bonchev–Trinajstić information content (AvgIpc) is 3.57. The van der Waals surface area contributed by atoms with Crippen LogP contribution in [0, 0.1) is 5.92 Å². The Morgan fingerprint density at radius 1 is 0.360 bits per heavy atom. The van der Waals surface area contributed by atoms with E-state index in [9.17, 15) is 43.2 Å². The maximum atomic E-state index is 13.0. The number of allylic oxidation sites excluding steroid dienone is 4. The quantitative estimate of drug-likeness (QED) is 0.0169. The molecule has 0 rings (SSSR count). The summed E-state index contributed by atoms with van der Waals surface area (Å²) in [4.78, 5) is 72.2. The van der Waals surface area contributed by atoms with Crippen LogP contribution in [0.25, 0.3) is 0 Å². The normalized spacial score (nSPS) is 14.3. The number of phosphoric ester groups is 2. The number of hydrogen-bond acceptors (Lipinski definition) is 15. The van der Waals surface area contributed by atoms with Crippen molar-refractivity contribution in [3.63, 3.8) is 0 Å². The van der Waals surface area contributed by atoms with Gasteiger partial charge in [-0.2, -0.15) is 0 Å². The molecule has 0 saturated heterocycles. The Hall–Kier alpha value is -2.46. The lowest BCUT2D eigenvalue weighted by molar-refractivity contribution is -0.161. The zero-order valence-electron chi connectivity index (χ0n) is 54.9. The highest BCUT2D eigenvalue weighted by atomic mass is 31.2. The monoisotopic (exact) mass is 1260 g/mol. The number of phosphoric acid groups is 2. The van der Waals surface area contributed by atoms with Gasteiger partial charge in [0.05, 0.1) is 26.4 Å². The molecule has 0 aliphatic rings. The van der Waals surface area contributed by atoms with Crippen molar-refractivity contribution in [2.24, 2.45) is 5.92 Å². The molecule has 0 heterocycles. The van der Waals surface area contributed by atoms with Crippen LogP contribution in [-0.2, 0) is 65.4 Å². The smallest absolute Gasteiger partial charge is 0.462 e. The van der Waals surface area contributed by atoms with Gasteiger partial charge in [0.1, 0.15) is 19.3 Å². The highest BCUT2D eigenvalue weighted by Gasteiger charge is 2.30. The number of hydrogen-bond donors (Lipinski definition) is 3. The van der Waals surface area contributed by atoms with Crippen LogP contribution >= 0.6 is 15.6 Å². The summed E-state index contributed by atoms with van der Waals surface area (Å²) in [5, 5.41) is 10.5. The van der Waals surface area contributed by atoms with Crippen LogP contribution in [0.3, 0.4) is 0 Å². The van der Waals surface area contributed by atoms with Crippen LogP contribution in [0.15, 0.2) is 24.3 Å². The van der Waals surface area contributed by atoms with Crippen molar-refractivity contribution < 1.29 is 80.2 Å². The first kappa shape index (κ1) is 83.5. The second-order valence-electron chi connectivity index (χ2n) is 24.0. The molecule has 0 fully saturated rings. The van der Waals surface area contributed by atoms with Crippen molar-refractivity contribution in [1.82, 2.24) is 0 Å². The number of unbranched alkanes of at least 4 members (excludes halogenated alkanes) is 34. The van der Waals surface area contributed by atoms with Gasteiger partial charge in [-0.05, 0) is 57.3 Å². The highest BCUT2D eigenvalue weighted by molar-refractivity contribution is 7.47. The van der Waals surface area contributed by atoms with E-state index in [-0.39, 0.29) is 25.7 Å². The van der Waals surface area contributed by atoms with Gasteiger partial charge in [0.25, 0.3) is 0 Å². The molecule has 0 radical (unpaired) electrons. The Balaban J connectivity index is 5.25. The number of carbonyl (C=O) groups excluding carboxylic acids is 4. The topological polar surface area (TPSA) is 237 Å². The lowest BCUT2D eigenvalue weighted by atomic mass is 10.0. The van der Waals surface area contributed by atoms with E-state index in [1.54, 1.807) is 0 Å². The zero-order chi connectivity index (χ0) is 63.5. The third-order valence-electron chi connectivity index (χ3n) is 14.9. The van der Waals surface area contributed by atoms with E-state index in [1.165, 1.54) is 122 Å². The van der Waals surface area contributed by atoms with Gasteiger partial charge in [0, 0.05) is 25.7 Å². The summed E-state index contributed by atoms with van der Waals surface area (Å²) in [6, 6.07) is 0. The predicted molar refractivity (Wildman–Crippen MR) is 344 cm³/mol. The molecule has 5 atom stereocenters. The molecular weight excluding hydrogens is 1140 g/mol. The van der Waals surface area contributed by atoms with E-state index in [4.69, 9.17) is 37.0 Å². The molecular formula is C67H126O17P2. The first-order valence-electron chi connectivity index (χ1n) is 34.5. The van der Waals surface area contributed by atoms with Crippen LogP contribution < -0.4 is 0 Å². The summed E-state index contributed by atoms with van der Waals surface area (Å²) in [5.41, 5.74) is 0. The fraction of sp³-hybridized carbons (Fsp3) is 0.881. The minimum absolute atomic E-state index is 0.0853. The Kier molecular flexibility index (Phi) is 58.4. The lowest BCUT2D eigenvalue weighted by Gasteiger charge is -2.21. The van der Waals surface area contributed by atoms with E-state index in [1.807, 2.05) is 0 Å². The fourth-order valence-electron chi connectivity index (χ4n) is 9.57. The van der Waals surface area contributed by atoms with Gasteiger partial charge in [0.2, 0.25) is 0 Å². The van der Waals surface area contributed by atoms with Crippen molar-refractivity contribution in [3.8, 4) is 0 Å². The molecule has 0 bridgehead atoms. The van der Waals surface area contributed by atoms with Gasteiger partial charge in [-0.1, -0.05) is 264 Å². The first-order valence-corrected chi connectivity index (χ1v) is 37.4. The third-order valence-corrected chi connectivity index (χ3v) is 16.8. The number of carbonyl (C=O) groups is 4. The largest absolute Gasteiger partial charge is 0.472 e. The Labute approximate surface area is 522 Å². The summed E-state index contributed by atoms with van der Waals surface area (Å²) in [5.74, 6) is -1.50. The van der Waals surface area contributed by atoms with Gasteiger partial charge in [-0.25, -0.2) is 9.13 Å². The Morgan fingerprint density at radius 2 is 0.628 bits per heavy atom. The first-order chi connectivity index (χ1) is 41.5. The maximum absolute atomic E-state index is 13.0. The molecule has 506 valence electrons. The molecule has 0 aromatic rings. The van der Waals surface area contributed by atoms with Crippen molar-refractivity contribution in [1.29, 1.82) is 0 Å². The summed E-state index contributed by atoms with van der Waals surface area (Å²) >= 11 is 0. The molecule has 0 saturated carbocycles. The molecule has 86 heavy (non-hydrogen) atoms. The van der Waals surface area contributed by atoms with Crippen molar-refractivity contribution >= 4 is 39.5 Å². The number of aliphatic hydroxyl groups is 1. The van der Waals surface area contributed by atoms with Crippen LogP contribution in [0.2, 0.25) is 0 Å². The second-order valence-corrected chi connectivity index (χ2v) is 26.9. The molecule has 3 N–H and O–H groups in total. The van der Waals surface area contributed by atoms with Crippen molar-refractivity contribution in [2.75, 3.05) is 39.6 Å². The maximum Gasteiger partial charge on any atom is 0.472 e. The molecule has 2 unspecified atom stereocenters. The minimum atomic E-state index is -4.96. The van der Waals surface area contributed by atoms with E-state index in [0.717, 1.165) is 109 Å². The molecule has 0 aliphatic carbocycles. The van der Waals surface area contributed by atoms with Crippen LogP contribution in [-0.4, -0.2) is 96.7 Å². The fourth-order valence-corrected chi connectivity index (χ4v) is 11.2. The number of rotatable bonds is 65. The molecule has 0 amide bonds.